The Morgan fingerprint density at radius 3 is 2.60 bits per heavy atom. The molecule has 0 N–H and O–H groups in total. The van der Waals surface area contributed by atoms with Gasteiger partial charge in [0.1, 0.15) is 0 Å². The van der Waals surface area contributed by atoms with Crippen molar-refractivity contribution in [3.63, 3.8) is 0 Å². The minimum atomic E-state index is -0.602. The van der Waals surface area contributed by atoms with E-state index >= 15 is 0 Å². The summed E-state index contributed by atoms with van der Waals surface area (Å²) >= 11 is 7.55. The van der Waals surface area contributed by atoms with Crippen molar-refractivity contribution in [2.75, 3.05) is 6.61 Å². The zero-order valence-electron chi connectivity index (χ0n) is 16.5. The van der Waals surface area contributed by atoms with Crippen LogP contribution in [0.25, 0.3) is 6.08 Å². The van der Waals surface area contributed by atoms with E-state index in [1.165, 1.54) is 11.3 Å². The second-order valence-electron chi connectivity index (χ2n) is 6.73. The molecule has 3 aromatic rings. The average molecular weight is 439 g/mol. The normalized spacial score (nSPS) is 16.2. The number of halogens is 1. The van der Waals surface area contributed by atoms with Gasteiger partial charge in [0.2, 0.25) is 0 Å². The van der Waals surface area contributed by atoms with Gasteiger partial charge in [-0.1, -0.05) is 71.5 Å². The van der Waals surface area contributed by atoms with Gasteiger partial charge in [-0.05, 0) is 37.1 Å². The second-order valence-corrected chi connectivity index (χ2v) is 8.15. The lowest BCUT2D eigenvalue weighted by molar-refractivity contribution is -0.139. The van der Waals surface area contributed by atoms with Gasteiger partial charge < -0.3 is 4.74 Å². The van der Waals surface area contributed by atoms with Gasteiger partial charge in [-0.25, -0.2) is 9.79 Å². The molecule has 5 nitrogen and oxygen atoms in total. The van der Waals surface area contributed by atoms with Crippen molar-refractivity contribution in [1.82, 2.24) is 4.57 Å². The number of nitrogens with zero attached hydrogens (tertiary/aromatic N) is 2. The highest BCUT2D eigenvalue weighted by molar-refractivity contribution is 7.07. The van der Waals surface area contributed by atoms with E-state index in [1.54, 1.807) is 30.6 Å². The predicted octanol–water partition coefficient (Wildman–Crippen LogP) is 3.45. The number of fused-ring (bicyclic) bond motifs is 1. The molecule has 1 aliphatic rings. The van der Waals surface area contributed by atoms with Crippen molar-refractivity contribution in [3.8, 4) is 0 Å². The van der Waals surface area contributed by atoms with Crippen molar-refractivity contribution in [3.05, 3.63) is 102 Å². The molecule has 1 aromatic heterocycles. The van der Waals surface area contributed by atoms with Gasteiger partial charge in [-0.15, -0.1) is 0 Å². The van der Waals surface area contributed by atoms with Crippen molar-refractivity contribution in [2.45, 2.75) is 19.9 Å². The highest BCUT2D eigenvalue weighted by atomic mass is 35.5. The Labute approximate surface area is 182 Å². The summed E-state index contributed by atoms with van der Waals surface area (Å²) in [4.78, 5) is 31.3. The fraction of sp³-hybridized carbons (Fsp3) is 0.174. The van der Waals surface area contributed by atoms with Gasteiger partial charge in [-0.2, -0.15) is 0 Å². The third kappa shape index (κ3) is 3.64. The molecule has 30 heavy (non-hydrogen) atoms. The Morgan fingerprint density at radius 2 is 1.90 bits per heavy atom. The number of benzene rings is 2. The maximum Gasteiger partial charge on any atom is 0.338 e. The molecular weight excluding hydrogens is 420 g/mol. The fourth-order valence-corrected chi connectivity index (χ4v) is 4.70. The first-order valence-electron chi connectivity index (χ1n) is 9.50. The first kappa shape index (κ1) is 20.3. The SMILES string of the molecule is CCOC(=O)C1=C(C)N=c2sc(=Cc3ccccc3Cl)c(=O)n2C1c1ccccc1. The lowest BCUT2D eigenvalue weighted by atomic mass is 9.96. The highest BCUT2D eigenvalue weighted by Gasteiger charge is 2.33. The number of allylic oxidation sites excluding steroid dienone is 1. The number of hydrogen-bond donors (Lipinski definition) is 0. The van der Waals surface area contributed by atoms with Crippen molar-refractivity contribution >= 4 is 35.0 Å². The molecular formula is C23H19ClN2O3S. The summed E-state index contributed by atoms with van der Waals surface area (Å²) in [5.41, 5.74) is 2.27. The molecule has 7 heteroatoms. The molecule has 0 saturated carbocycles. The fourth-order valence-electron chi connectivity index (χ4n) is 3.48. The van der Waals surface area contributed by atoms with Crippen LogP contribution in [-0.4, -0.2) is 17.1 Å². The van der Waals surface area contributed by atoms with Crippen LogP contribution < -0.4 is 14.9 Å². The highest BCUT2D eigenvalue weighted by Crippen LogP contribution is 2.30. The van der Waals surface area contributed by atoms with E-state index in [4.69, 9.17) is 16.3 Å². The molecule has 1 atom stereocenters. The molecule has 0 aliphatic carbocycles. The average Bonchev–Trinajstić information content (AvgIpc) is 3.04. The first-order valence-corrected chi connectivity index (χ1v) is 10.7. The van der Waals surface area contributed by atoms with Gasteiger partial charge in [0.05, 0.1) is 28.5 Å². The van der Waals surface area contributed by atoms with Gasteiger partial charge in [-0.3, -0.25) is 9.36 Å². The summed E-state index contributed by atoms with van der Waals surface area (Å²) in [7, 11) is 0. The number of hydrogen-bond acceptors (Lipinski definition) is 5. The minimum Gasteiger partial charge on any atom is -0.463 e. The van der Waals surface area contributed by atoms with Gasteiger partial charge >= 0.3 is 5.97 Å². The summed E-state index contributed by atoms with van der Waals surface area (Å²) in [6.45, 7) is 3.77. The van der Waals surface area contributed by atoms with Crippen LogP contribution in [0.4, 0.5) is 0 Å². The predicted molar refractivity (Wildman–Crippen MR) is 118 cm³/mol. The van der Waals surface area contributed by atoms with Crippen molar-refractivity contribution in [1.29, 1.82) is 0 Å². The maximum atomic E-state index is 13.4. The first-order chi connectivity index (χ1) is 14.5. The molecule has 0 radical (unpaired) electrons. The lowest BCUT2D eigenvalue weighted by Gasteiger charge is -2.24. The Hall–Kier alpha value is -2.96. The molecule has 0 spiro atoms. The lowest BCUT2D eigenvalue weighted by Crippen LogP contribution is -2.39. The number of esters is 1. The number of carbonyl (C=O) groups is 1. The molecule has 152 valence electrons. The topological polar surface area (TPSA) is 60.7 Å². The molecule has 4 rings (SSSR count). The maximum absolute atomic E-state index is 13.4. The second kappa shape index (κ2) is 8.42. The summed E-state index contributed by atoms with van der Waals surface area (Å²) in [5, 5.41) is 0.561. The van der Waals surface area contributed by atoms with E-state index in [2.05, 4.69) is 4.99 Å². The summed E-state index contributed by atoms with van der Waals surface area (Å²) in [5.74, 6) is -0.465. The van der Waals surface area contributed by atoms with E-state index in [1.807, 2.05) is 48.5 Å². The molecule has 1 unspecified atom stereocenters. The number of rotatable bonds is 4. The Bertz CT molecular complexity index is 1320. The van der Waals surface area contributed by atoms with E-state index in [0.29, 0.717) is 25.6 Å². The van der Waals surface area contributed by atoms with Crippen LogP contribution >= 0.6 is 22.9 Å². The Kier molecular flexibility index (Phi) is 5.70. The van der Waals surface area contributed by atoms with E-state index in [0.717, 1.165) is 11.1 Å². The van der Waals surface area contributed by atoms with Gasteiger partial charge in [0, 0.05) is 5.02 Å². The van der Waals surface area contributed by atoms with Crippen LogP contribution in [0.5, 0.6) is 0 Å². The van der Waals surface area contributed by atoms with Crippen LogP contribution in [0.15, 0.2) is 75.7 Å². The zero-order valence-corrected chi connectivity index (χ0v) is 18.0. The number of carbonyl (C=O) groups excluding carboxylic acids is 1. The molecule has 0 amide bonds. The van der Waals surface area contributed by atoms with Crippen LogP contribution in [-0.2, 0) is 9.53 Å². The molecule has 0 saturated heterocycles. The smallest absolute Gasteiger partial charge is 0.338 e. The third-order valence-corrected chi connectivity index (χ3v) is 6.15. The number of aromatic nitrogens is 1. The van der Waals surface area contributed by atoms with E-state index in [-0.39, 0.29) is 12.2 Å². The molecule has 0 bridgehead atoms. The molecule has 2 heterocycles. The zero-order chi connectivity index (χ0) is 21.3. The van der Waals surface area contributed by atoms with Crippen molar-refractivity contribution in [2.24, 2.45) is 4.99 Å². The summed E-state index contributed by atoms with van der Waals surface area (Å²) < 4.78 is 7.35. The van der Waals surface area contributed by atoms with Crippen LogP contribution in [0.3, 0.4) is 0 Å². The van der Waals surface area contributed by atoms with Crippen LogP contribution in [0.1, 0.15) is 31.0 Å². The van der Waals surface area contributed by atoms with Gasteiger partial charge in [0.25, 0.3) is 5.56 Å². The largest absolute Gasteiger partial charge is 0.463 e. The number of thiazole rings is 1. The Balaban J connectivity index is 1.97. The minimum absolute atomic E-state index is 0.221. The summed E-state index contributed by atoms with van der Waals surface area (Å²) in [6, 6.07) is 16.2. The molecule has 0 fully saturated rings. The quantitative estimate of drug-likeness (QED) is 0.586. The third-order valence-electron chi connectivity index (χ3n) is 4.82. The molecule has 1 aliphatic heterocycles. The standard InChI is InChI=1S/C23H19ClN2O3S/c1-3-29-22(28)19-14(2)25-23-26(20(19)15-9-5-4-6-10-15)21(27)18(30-23)13-16-11-7-8-12-17(16)24/h4-13,20H,3H2,1-2H3. The van der Waals surface area contributed by atoms with Crippen LogP contribution in [0, 0.1) is 0 Å². The van der Waals surface area contributed by atoms with E-state index in [9.17, 15) is 9.59 Å². The number of ether oxygens (including phenoxy) is 1. The van der Waals surface area contributed by atoms with Gasteiger partial charge in [0.15, 0.2) is 4.80 Å². The van der Waals surface area contributed by atoms with Crippen molar-refractivity contribution < 1.29 is 9.53 Å². The van der Waals surface area contributed by atoms with E-state index < -0.39 is 12.0 Å². The van der Waals surface area contributed by atoms with Crippen LogP contribution in [0.2, 0.25) is 5.02 Å². The summed E-state index contributed by atoms with van der Waals surface area (Å²) in [6.07, 6.45) is 1.76. The monoisotopic (exact) mass is 438 g/mol. The Morgan fingerprint density at radius 1 is 1.20 bits per heavy atom. The molecule has 2 aromatic carbocycles.